The highest BCUT2D eigenvalue weighted by molar-refractivity contribution is 7.89. The number of rotatable bonds is 8. The van der Waals surface area contributed by atoms with Crippen molar-refractivity contribution in [1.82, 2.24) is 4.72 Å². The number of nitrogens with two attached hydrogens (primary N) is 1. The maximum Gasteiger partial charge on any atom is 0.323 e. The Bertz CT molecular complexity index is 970. The predicted molar refractivity (Wildman–Crippen MR) is 118 cm³/mol. The van der Waals surface area contributed by atoms with E-state index in [-0.39, 0.29) is 17.5 Å². The fraction of sp³-hybridized carbons (Fsp3) is 0.409. The van der Waals surface area contributed by atoms with E-state index in [1.807, 2.05) is 30.0 Å². The minimum Gasteiger partial charge on any atom is -0.480 e. The third-order valence-corrected chi connectivity index (χ3v) is 7.06. The molecule has 2 aromatic rings. The Morgan fingerprint density at radius 1 is 1.13 bits per heavy atom. The van der Waals surface area contributed by atoms with Crippen molar-refractivity contribution in [2.24, 2.45) is 0 Å². The minimum atomic E-state index is -3.98. The van der Waals surface area contributed by atoms with Crippen molar-refractivity contribution in [3.63, 3.8) is 0 Å². The quantitative estimate of drug-likeness (QED) is 0.554. The molecule has 1 unspecified atom stereocenters. The highest BCUT2D eigenvalue weighted by Crippen LogP contribution is 2.31. The summed E-state index contributed by atoms with van der Waals surface area (Å²) in [6, 6.07) is 12.4. The van der Waals surface area contributed by atoms with Gasteiger partial charge in [0.05, 0.1) is 16.3 Å². The van der Waals surface area contributed by atoms with Gasteiger partial charge in [-0.1, -0.05) is 49.1 Å². The molecule has 0 bridgehead atoms. The third-order valence-electron chi connectivity index (χ3n) is 5.57. The van der Waals surface area contributed by atoms with Crippen LogP contribution in [0.15, 0.2) is 53.4 Å². The van der Waals surface area contributed by atoms with Gasteiger partial charge in [0.25, 0.3) is 0 Å². The van der Waals surface area contributed by atoms with E-state index in [9.17, 15) is 18.3 Å². The van der Waals surface area contributed by atoms with Crippen LogP contribution in [0.4, 0.5) is 11.4 Å². The number of hydrogen-bond acceptors (Lipinski definition) is 5. The molecule has 1 atom stereocenters. The van der Waals surface area contributed by atoms with Crippen molar-refractivity contribution in [1.29, 1.82) is 0 Å². The molecule has 4 N–H and O–H groups in total. The van der Waals surface area contributed by atoms with Gasteiger partial charge in [0.2, 0.25) is 10.0 Å². The van der Waals surface area contributed by atoms with Crippen LogP contribution >= 0.6 is 0 Å². The molecule has 7 nitrogen and oxygen atoms in total. The van der Waals surface area contributed by atoms with Crippen LogP contribution in [0.5, 0.6) is 0 Å². The normalized spacial score (nSPS) is 16.2. The number of aryl methyl sites for hydroxylation is 1. The summed E-state index contributed by atoms with van der Waals surface area (Å²) in [7, 11) is -3.98. The lowest BCUT2D eigenvalue weighted by Gasteiger charge is -2.38. The van der Waals surface area contributed by atoms with Gasteiger partial charge >= 0.3 is 5.97 Å². The van der Waals surface area contributed by atoms with E-state index < -0.39 is 22.0 Å². The molecular formula is C22H29N3O4S. The Morgan fingerprint density at radius 3 is 2.37 bits per heavy atom. The zero-order valence-corrected chi connectivity index (χ0v) is 17.9. The molecule has 0 saturated heterocycles. The van der Waals surface area contributed by atoms with Crippen LogP contribution in [0.25, 0.3) is 0 Å². The first-order valence-electron chi connectivity index (χ1n) is 10.2. The number of para-hydroxylation sites is 2. The van der Waals surface area contributed by atoms with Gasteiger partial charge in [-0.2, -0.15) is 4.72 Å². The molecule has 30 heavy (non-hydrogen) atoms. The average Bonchev–Trinajstić information content (AvgIpc) is 2.72. The van der Waals surface area contributed by atoms with Gasteiger partial charge < -0.3 is 15.7 Å². The first kappa shape index (κ1) is 22.1. The molecule has 0 spiro atoms. The Hall–Kier alpha value is -2.58. The van der Waals surface area contributed by atoms with E-state index in [0.29, 0.717) is 5.69 Å². The van der Waals surface area contributed by atoms with Gasteiger partial charge in [-0.15, -0.1) is 0 Å². The van der Waals surface area contributed by atoms with Crippen LogP contribution in [0.1, 0.15) is 37.7 Å². The number of aliphatic carboxylic acids is 1. The zero-order chi connectivity index (χ0) is 21.7. The largest absolute Gasteiger partial charge is 0.480 e. The minimum absolute atomic E-state index is 0.000690. The first-order chi connectivity index (χ1) is 14.3. The Balaban J connectivity index is 1.88. The fourth-order valence-electron chi connectivity index (χ4n) is 3.92. The van der Waals surface area contributed by atoms with Crippen LogP contribution in [-0.4, -0.2) is 38.1 Å². The van der Waals surface area contributed by atoms with E-state index >= 15 is 0 Å². The lowest BCUT2D eigenvalue weighted by Crippen LogP contribution is -2.51. The lowest BCUT2D eigenvalue weighted by molar-refractivity contribution is -0.138. The highest BCUT2D eigenvalue weighted by atomic mass is 32.2. The number of carboxylic acids is 1. The molecule has 0 aromatic heterocycles. The Labute approximate surface area is 177 Å². The molecule has 0 amide bonds. The molecule has 162 valence electrons. The number of benzene rings is 2. The summed E-state index contributed by atoms with van der Waals surface area (Å²) >= 11 is 0. The summed E-state index contributed by atoms with van der Waals surface area (Å²) < 4.78 is 28.0. The molecule has 0 heterocycles. The molecule has 1 fully saturated rings. The number of carboxylic acid groups (broad SMARTS) is 1. The SMILES string of the molecule is Cc1ccc(S(=O)(=O)NC(CN(c2ccccc2N)C2CCCCC2)C(=O)O)cc1. The number of nitrogens with zero attached hydrogens (tertiary/aromatic N) is 1. The number of carbonyl (C=O) groups is 1. The second kappa shape index (κ2) is 9.49. The maximum atomic E-state index is 12.8. The Kier molecular flexibility index (Phi) is 6.99. The van der Waals surface area contributed by atoms with Gasteiger partial charge in [-0.3, -0.25) is 4.79 Å². The summed E-state index contributed by atoms with van der Waals surface area (Å²) in [6.07, 6.45) is 5.11. The smallest absolute Gasteiger partial charge is 0.323 e. The van der Waals surface area contributed by atoms with E-state index in [1.165, 1.54) is 12.1 Å². The van der Waals surface area contributed by atoms with E-state index in [2.05, 4.69) is 4.72 Å². The first-order valence-corrected chi connectivity index (χ1v) is 11.7. The molecule has 8 heteroatoms. The van der Waals surface area contributed by atoms with E-state index in [0.717, 1.165) is 43.4 Å². The zero-order valence-electron chi connectivity index (χ0n) is 17.1. The van der Waals surface area contributed by atoms with E-state index in [4.69, 9.17) is 5.73 Å². The monoisotopic (exact) mass is 431 g/mol. The molecule has 2 aromatic carbocycles. The molecule has 3 rings (SSSR count). The van der Waals surface area contributed by atoms with Gasteiger partial charge in [-0.05, 0) is 44.0 Å². The summed E-state index contributed by atoms with van der Waals surface area (Å²) in [5.74, 6) is -1.22. The van der Waals surface area contributed by atoms with Crippen molar-refractivity contribution < 1.29 is 18.3 Å². The molecular weight excluding hydrogens is 402 g/mol. The van der Waals surface area contributed by atoms with Crippen molar-refractivity contribution >= 4 is 27.4 Å². The maximum absolute atomic E-state index is 12.8. The topological polar surface area (TPSA) is 113 Å². The van der Waals surface area contributed by atoms with Crippen LogP contribution in [0.2, 0.25) is 0 Å². The van der Waals surface area contributed by atoms with E-state index in [1.54, 1.807) is 18.2 Å². The standard InChI is InChI=1S/C22H29N3O4S/c1-16-11-13-18(14-12-16)30(28,29)24-20(22(26)27)15-25(17-7-3-2-4-8-17)21-10-6-5-9-19(21)23/h5-6,9-14,17,20,24H,2-4,7-8,15,23H2,1H3,(H,26,27). The number of anilines is 2. The second-order valence-corrected chi connectivity index (χ2v) is 9.54. The predicted octanol–water partition coefficient (Wildman–Crippen LogP) is 3.15. The van der Waals surface area contributed by atoms with Crippen molar-refractivity contribution in [2.75, 3.05) is 17.2 Å². The molecule has 0 radical (unpaired) electrons. The van der Waals surface area contributed by atoms with Crippen molar-refractivity contribution in [2.45, 2.75) is 56.0 Å². The summed E-state index contributed by atoms with van der Waals surface area (Å²) in [5.41, 5.74) is 8.40. The highest BCUT2D eigenvalue weighted by Gasteiger charge is 2.31. The Morgan fingerprint density at radius 2 is 1.77 bits per heavy atom. The fourth-order valence-corrected chi connectivity index (χ4v) is 5.10. The third kappa shape index (κ3) is 5.31. The van der Waals surface area contributed by atoms with Gasteiger partial charge in [-0.25, -0.2) is 8.42 Å². The average molecular weight is 432 g/mol. The summed E-state index contributed by atoms with van der Waals surface area (Å²) in [6.45, 7) is 1.86. The second-order valence-electron chi connectivity index (χ2n) is 7.83. The number of hydrogen-bond donors (Lipinski definition) is 3. The van der Waals surface area contributed by atoms with Crippen LogP contribution < -0.4 is 15.4 Å². The molecule has 1 saturated carbocycles. The van der Waals surface area contributed by atoms with Gasteiger partial charge in [0.15, 0.2) is 0 Å². The van der Waals surface area contributed by atoms with Crippen molar-refractivity contribution in [3.8, 4) is 0 Å². The summed E-state index contributed by atoms with van der Waals surface area (Å²) in [4.78, 5) is 14.0. The molecule has 1 aliphatic rings. The summed E-state index contributed by atoms with van der Waals surface area (Å²) in [5, 5.41) is 9.81. The number of sulfonamides is 1. The van der Waals surface area contributed by atoms with Crippen LogP contribution in [0.3, 0.4) is 0 Å². The van der Waals surface area contributed by atoms with Gasteiger partial charge in [0, 0.05) is 12.6 Å². The van der Waals surface area contributed by atoms with Crippen LogP contribution in [-0.2, 0) is 14.8 Å². The number of nitrogen functional groups attached to an aromatic ring is 1. The van der Waals surface area contributed by atoms with Crippen LogP contribution in [0, 0.1) is 6.92 Å². The number of nitrogens with one attached hydrogen (secondary N) is 1. The van der Waals surface area contributed by atoms with Gasteiger partial charge in [0.1, 0.15) is 6.04 Å². The molecule has 1 aliphatic carbocycles. The lowest BCUT2D eigenvalue weighted by atomic mass is 9.93. The van der Waals surface area contributed by atoms with Crippen molar-refractivity contribution in [3.05, 3.63) is 54.1 Å². The molecule has 0 aliphatic heterocycles.